The van der Waals surface area contributed by atoms with Crippen molar-refractivity contribution in [1.82, 2.24) is 19.3 Å². The van der Waals surface area contributed by atoms with Crippen molar-refractivity contribution in [3.05, 3.63) is 53.6 Å². The summed E-state index contributed by atoms with van der Waals surface area (Å²) in [5.74, 6) is 2.85. The molecule has 0 N–H and O–H groups in total. The smallest absolute Gasteiger partial charge is 0.192 e. The van der Waals surface area contributed by atoms with Gasteiger partial charge in [0.2, 0.25) is 0 Å². The number of fused-ring (bicyclic) bond motifs is 1. The van der Waals surface area contributed by atoms with Crippen LogP contribution in [0, 0.1) is 0 Å². The number of thioether (sulfide) groups is 1. The lowest BCUT2D eigenvalue weighted by molar-refractivity contribution is 0.252. The van der Waals surface area contributed by atoms with Crippen LogP contribution >= 0.6 is 23.4 Å². The summed E-state index contributed by atoms with van der Waals surface area (Å²) in [7, 11) is -1.80. The number of aromatic nitrogens is 4. The molecule has 2 aromatic heterocycles. The van der Waals surface area contributed by atoms with Crippen LogP contribution in [-0.2, 0) is 17.4 Å². The third-order valence-corrected chi connectivity index (χ3v) is 12.9. The molecular weight excluding hydrogens is 456 g/mol. The van der Waals surface area contributed by atoms with Crippen LogP contribution in [0.25, 0.3) is 17.1 Å². The minimum atomic E-state index is -1.80. The van der Waals surface area contributed by atoms with E-state index in [1.54, 1.807) is 0 Å². The van der Waals surface area contributed by atoms with E-state index >= 15 is 0 Å². The Morgan fingerprint density at radius 2 is 1.91 bits per heavy atom. The molecule has 0 saturated heterocycles. The van der Waals surface area contributed by atoms with Crippen molar-refractivity contribution in [2.75, 3.05) is 12.4 Å². The SMILES string of the molecule is CC1(CO[Si](C)(C)C(C)(C)C)Cc2nnc(-c3ccc(-n4cccc4)cc3Cl)n2CCS1. The molecule has 172 valence electrons. The molecule has 32 heavy (non-hydrogen) atoms. The van der Waals surface area contributed by atoms with Gasteiger partial charge in [-0.3, -0.25) is 0 Å². The van der Waals surface area contributed by atoms with Gasteiger partial charge >= 0.3 is 0 Å². The van der Waals surface area contributed by atoms with Gasteiger partial charge in [-0.2, -0.15) is 11.8 Å². The molecule has 1 aliphatic rings. The summed E-state index contributed by atoms with van der Waals surface area (Å²) in [5.41, 5.74) is 1.96. The number of benzene rings is 1. The van der Waals surface area contributed by atoms with Crippen LogP contribution in [0.3, 0.4) is 0 Å². The normalized spacial score (nSPS) is 19.6. The van der Waals surface area contributed by atoms with E-state index in [4.69, 9.17) is 16.0 Å². The Balaban J connectivity index is 1.57. The van der Waals surface area contributed by atoms with E-state index in [1.165, 1.54) is 0 Å². The predicted octanol–water partition coefficient (Wildman–Crippen LogP) is 6.46. The van der Waals surface area contributed by atoms with Crippen LogP contribution in [0.5, 0.6) is 0 Å². The second kappa shape index (κ2) is 8.67. The highest BCUT2D eigenvalue weighted by Crippen LogP contribution is 2.40. The molecule has 3 heterocycles. The fraction of sp³-hybridized carbons (Fsp3) is 0.500. The molecule has 1 aromatic carbocycles. The fourth-order valence-electron chi connectivity index (χ4n) is 3.66. The molecule has 0 fully saturated rings. The van der Waals surface area contributed by atoms with E-state index in [0.717, 1.165) is 48.2 Å². The Bertz CT molecular complexity index is 1090. The van der Waals surface area contributed by atoms with Gasteiger partial charge in [0, 0.05) is 53.7 Å². The van der Waals surface area contributed by atoms with Crippen molar-refractivity contribution in [3.8, 4) is 17.1 Å². The first-order chi connectivity index (χ1) is 15.0. The molecule has 0 bridgehead atoms. The number of halogens is 1. The maximum atomic E-state index is 6.70. The Morgan fingerprint density at radius 1 is 1.19 bits per heavy atom. The van der Waals surface area contributed by atoms with E-state index in [1.807, 2.05) is 53.0 Å². The van der Waals surface area contributed by atoms with Crippen molar-refractivity contribution >= 4 is 31.7 Å². The van der Waals surface area contributed by atoms with E-state index in [9.17, 15) is 0 Å². The standard InChI is InChI=1S/C24H33ClN4OSSi/c1-23(2,3)32(5,6)30-17-24(4)16-21-26-27-22(29(21)13-14-31-24)19-10-9-18(15-20(19)25)28-11-7-8-12-28/h7-12,15H,13-14,16-17H2,1-6H3. The van der Waals surface area contributed by atoms with Crippen LogP contribution in [0.2, 0.25) is 23.2 Å². The zero-order valence-electron chi connectivity index (χ0n) is 19.9. The molecule has 0 spiro atoms. The molecule has 0 aliphatic carbocycles. The average Bonchev–Trinajstić information content (AvgIpc) is 3.34. The summed E-state index contributed by atoms with van der Waals surface area (Å²) < 4.78 is 10.9. The zero-order chi connectivity index (χ0) is 23.1. The molecule has 3 aromatic rings. The number of hydrogen-bond acceptors (Lipinski definition) is 4. The first-order valence-electron chi connectivity index (χ1n) is 11.1. The summed E-state index contributed by atoms with van der Waals surface area (Å²) in [6, 6.07) is 10.1. The van der Waals surface area contributed by atoms with E-state index in [-0.39, 0.29) is 9.79 Å². The molecule has 1 atom stereocenters. The Kier molecular flexibility index (Phi) is 6.40. The zero-order valence-corrected chi connectivity index (χ0v) is 22.4. The van der Waals surface area contributed by atoms with Gasteiger partial charge in [-0.05, 0) is 55.4 Å². The quantitative estimate of drug-likeness (QED) is 0.386. The van der Waals surface area contributed by atoms with Gasteiger partial charge in [-0.25, -0.2) is 0 Å². The lowest BCUT2D eigenvalue weighted by Crippen LogP contribution is -2.45. The third kappa shape index (κ3) is 4.71. The summed E-state index contributed by atoms with van der Waals surface area (Å²) >= 11 is 8.68. The summed E-state index contributed by atoms with van der Waals surface area (Å²) in [6.45, 7) is 15.4. The van der Waals surface area contributed by atoms with Crippen LogP contribution < -0.4 is 0 Å². The second-order valence-electron chi connectivity index (χ2n) is 10.4. The van der Waals surface area contributed by atoms with Crippen molar-refractivity contribution in [3.63, 3.8) is 0 Å². The van der Waals surface area contributed by atoms with Gasteiger partial charge in [0.05, 0.1) is 5.02 Å². The second-order valence-corrected chi connectivity index (χ2v) is 17.3. The van der Waals surface area contributed by atoms with Crippen LogP contribution in [0.4, 0.5) is 0 Å². The Morgan fingerprint density at radius 3 is 2.56 bits per heavy atom. The molecular formula is C24H33ClN4OSSi. The van der Waals surface area contributed by atoms with Crippen LogP contribution in [-0.4, -0.2) is 44.8 Å². The van der Waals surface area contributed by atoms with Crippen molar-refractivity contribution in [1.29, 1.82) is 0 Å². The van der Waals surface area contributed by atoms with Gasteiger partial charge in [-0.15, -0.1) is 10.2 Å². The predicted molar refractivity (Wildman–Crippen MR) is 138 cm³/mol. The van der Waals surface area contributed by atoms with Gasteiger partial charge in [0.1, 0.15) is 5.82 Å². The maximum absolute atomic E-state index is 6.70. The van der Waals surface area contributed by atoms with Gasteiger partial charge in [0.15, 0.2) is 14.1 Å². The first-order valence-corrected chi connectivity index (χ1v) is 15.4. The maximum Gasteiger partial charge on any atom is 0.192 e. The summed E-state index contributed by atoms with van der Waals surface area (Å²) in [5, 5.41) is 10.0. The largest absolute Gasteiger partial charge is 0.415 e. The fourth-order valence-corrected chi connectivity index (χ4v) is 6.28. The topological polar surface area (TPSA) is 44.9 Å². The molecule has 0 amide bonds. The van der Waals surface area contributed by atoms with Crippen molar-refractivity contribution < 1.29 is 4.43 Å². The van der Waals surface area contributed by atoms with Crippen molar-refractivity contribution in [2.24, 2.45) is 0 Å². The highest BCUT2D eigenvalue weighted by Gasteiger charge is 2.40. The minimum absolute atomic E-state index is 0.0177. The van der Waals surface area contributed by atoms with E-state index in [2.05, 4.69) is 61.6 Å². The highest BCUT2D eigenvalue weighted by atomic mass is 35.5. The van der Waals surface area contributed by atoms with Gasteiger partial charge < -0.3 is 13.6 Å². The first kappa shape index (κ1) is 23.6. The number of rotatable bonds is 5. The monoisotopic (exact) mass is 488 g/mol. The lowest BCUT2D eigenvalue weighted by atomic mass is 10.1. The number of nitrogens with zero attached hydrogens (tertiary/aromatic N) is 4. The van der Waals surface area contributed by atoms with Crippen LogP contribution in [0.1, 0.15) is 33.5 Å². The van der Waals surface area contributed by atoms with E-state index < -0.39 is 8.32 Å². The molecule has 4 rings (SSSR count). The Labute approximate surface area is 201 Å². The molecule has 1 aliphatic heterocycles. The average molecular weight is 489 g/mol. The third-order valence-electron chi connectivity index (χ3n) is 6.77. The number of hydrogen-bond donors (Lipinski definition) is 0. The van der Waals surface area contributed by atoms with Crippen molar-refractivity contribution in [2.45, 2.75) is 63.5 Å². The summed E-state index contributed by atoms with van der Waals surface area (Å²) in [4.78, 5) is 0. The minimum Gasteiger partial charge on any atom is -0.415 e. The molecule has 0 radical (unpaired) electrons. The summed E-state index contributed by atoms with van der Waals surface area (Å²) in [6.07, 6.45) is 4.86. The molecule has 8 heteroatoms. The Hall–Kier alpha value is -1.54. The van der Waals surface area contributed by atoms with Crippen LogP contribution in [0.15, 0.2) is 42.7 Å². The van der Waals surface area contributed by atoms with E-state index in [0.29, 0.717) is 5.02 Å². The molecule has 5 nitrogen and oxygen atoms in total. The lowest BCUT2D eigenvalue weighted by Gasteiger charge is -2.39. The molecule has 0 saturated carbocycles. The highest BCUT2D eigenvalue weighted by molar-refractivity contribution is 8.00. The van der Waals surface area contributed by atoms with Gasteiger partial charge in [0.25, 0.3) is 0 Å². The molecule has 1 unspecified atom stereocenters. The van der Waals surface area contributed by atoms with Gasteiger partial charge in [-0.1, -0.05) is 32.4 Å².